The van der Waals surface area contributed by atoms with Gasteiger partial charge in [-0.25, -0.2) is 0 Å². The fourth-order valence-electron chi connectivity index (χ4n) is 2.58. The first-order valence-corrected chi connectivity index (χ1v) is 5.97. The Morgan fingerprint density at radius 3 is 2.88 bits per heavy atom. The number of fused-ring (bicyclic) bond motifs is 1. The lowest BCUT2D eigenvalue weighted by molar-refractivity contribution is 0.0971. The molecule has 1 unspecified atom stereocenters. The Balaban J connectivity index is 2.26. The Kier molecular flexibility index (Phi) is 3.15. The van der Waals surface area contributed by atoms with Crippen LogP contribution in [-0.4, -0.2) is 35.9 Å². The SMILES string of the molecule is CC(CN(C)C)n1ccc2c1CCCC2=O. The molecule has 0 saturated heterocycles. The second-order valence-electron chi connectivity index (χ2n) is 4.97. The zero-order chi connectivity index (χ0) is 11.7. The van der Waals surface area contributed by atoms with Crippen molar-refractivity contribution in [3.8, 4) is 0 Å². The zero-order valence-electron chi connectivity index (χ0n) is 10.4. The van der Waals surface area contributed by atoms with E-state index < -0.39 is 0 Å². The monoisotopic (exact) mass is 220 g/mol. The van der Waals surface area contributed by atoms with Crippen LogP contribution in [0.15, 0.2) is 12.3 Å². The van der Waals surface area contributed by atoms with Crippen LogP contribution in [0.25, 0.3) is 0 Å². The van der Waals surface area contributed by atoms with Crippen LogP contribution in [0, 0.1) is 0 Å². The van der Waals surface area contributed by atoms with Crippen molar-refractivity contribution >= 4 is 5.78 Å². The largest absolute Gasteiger partial charge is 0.347 e. The minimum atomic E-state index is 0.317. The Morgan fingerprint density at radius 1 is 1.44 bits per heavy atom. The first kappa shape index (κ1) is 11.4. The van der Waals surface area contributed by atoms with E-state index in [9.17, 15) is 4.79 Å². The average Bonchev–Trinajstić information content (AvgIpc) is 2.61. The van der Waals surface area contributed by atoms with Crippen LogP contribution in [-0.2, 0) is 6.42 Å². The summed E-state index contributed by atoms with van der Waals surface area (Å²) in [5.74, 6) is 0.317. The summed E-state index contributed by atoms with van der Waals surface area (Å²) < 4.78 is 2.27. The van der Waals surface area contributed by atoms with Gasteiger partial charge in [-0.05, 0) is 39.9 Å². The standard InChI is InChI=1S/C13H20N2O/c1-10(9-14(2)3)15-8-7-11-12(15)5-4-6-13(11)16/h7-8,10H,4-6,9H2,1-3H3. The molecule has 1 aliphatic rings. The van der Waals surface area contributed by atoms with Crippen molar-refractivity contribution in [3.63, 3.8) is 0 Å². The van der Waals surface area contributed by atoms with Crippen molar-refractivity contribution in [2.24, 2.45) is 0 Å². The molecule has 0 aromatic carbocycles. The quantitative estimate of drug-likeness (QED) is 0.779. The Labute approximate surface area is 97.1 Å². The molecule has 0 bridgehead atoms. The predicted octanol–water partition coefficient (Wildman–Crippen LogP) is 2.13. The number of likely N-dealkylation sites (N-methyl/N-ethyl adjacent to an activating group) is 1. The summed E-state index contributed by atoms with van der Waals surface area (Å²) in [5.41, 5.74) is 2.20. The van der Waals surface area contributed by atoms with E-state index in [1.54, 1.807) is 0 Å². The number of Topliss-reactive ketones (excluding diaryl/α,β-unsaturated/α-hetero) is 1. The molecule has 3 heteroatoms. The van der Waals surface area contributed by atoms with Crippen molar-refractivity contribution in [1.29, 1.82) is 0 Å². The van der Waals surface area contributed by atoms with Crippen LogP contribution >= 0.6 is 0 Å². The summed E-state index contributed by atoms with van der Waals surface area (Å²) in [6.07, 6.45) is 4.84. The van der Waals surface area contributed by atoms with Gasteiger partial charge in [0, 0.05) is 36.5 Å². The van der Waals surface area contributed by atoms with E-state index in [2.05, 4.69) is 36.7 Å². The van der Waals surface area contributed by atoms with Gasteiger partial charge in [0.2, 0.25) is 0 Å². The molecule has 0 amide bonds. The van der Waals surface area contributed by atoms with Gasteiger partial charge in [-0.1, -0.05) is 0 Å². The summed E-state index contributed by atoms with van der Waals surface area (Å²) in [6.45, 7) is 3.22. The molecule has 1 atom stereocenters. The molecule has 0 spiro atoms. The molecule has 1 aliphatic carbocycles. The molecule has 88 valence electrons. The van der Waals surface area contributed by atoms with Gasteiger partial charge in [-0.2, -0.15) is 0 Å². The van der Waals surface area contributed by atoms with Gasteiger partial charge in [-0.3, -0.25) is 4.79 Å². The Hall–Kier alpha value is -1.09. The van der Waals surface area contributed by atoms with Crippen LogP contribution in [0.1, 0.15) is 41.9 Å². The number of nitrogens with zero attached hydrogens (tertiary/aromatic N) is 2. The third-order valence-corrected chi connectivity index (χ3v) is 3.25. The second kappa shape index (κ2) is 4.42. The van der Waals surface area contributed by atoms with Gasteiger partial charge in [0.25, 0.3) is 0 Å². The molecule has 16 heavy (non-hydrogen) atoms. The molecular weight excluding hydrogens is 200 g/mol. The number of carbonyl (C=O) groups excluding carboxylic acids is 1. The minimum absolute atomic E-state index is 0.317. The van der Waals surface area contributed by atoms with Gasteiger partial charge >= 0.3 is 0 Å². The molecule has 1 aromatic rings. The number of carbonyl (C=O) groups is 1. The molecule has 0 saturated carbocycles. The van der Waals surface area contributed by atoms with Gasteiger partial charge < -0.3 is 9.47 Å². The maximum Gasteiger partial charge on any atom is 0.164 e. The van der Waals surface area contributed by atoms with E-state index in [0.29, 0.717) is 11.8 Å². The molecule has 1 aromatic heterocycles. The molecule has 2 rings (SSSR count). The highest BCUT2D eigenvalue weighted by Crippen LogP contribution is 2.25. The third-order valence-electron chi connectivity index (χ3n) is 3.25. The van der Waals surface area contributed by atoms with Gasteiger partial charge in [-0.15, -0.1) is 0 Å². The van der Waals surface area contributed by atoms with Crippen LogP contribution in [0.3, 0.4) is 0 Å². The molecule has 0 aliphatic heterocycles. The highest BCUT2D eigenvalue weighted by molar-refractivity contribution is 5.98. The van der Waals surface area contributed by atoms with Crippen LogP contribution in [0.4, 0.5) is 0 Å². The van der Waals surface area contributed by atoms with E-state index in [1.807, 2.05) is 6.07 Å². The van der Waals surface area contributed by atoms with Crippen LogP contribution < -0.4 is 0 Å². The van der Waals surface area contributed by atoms with Crippen LogP contribution in [0.2, 0.25) is 0 Å². The van der Waals surface area contributed by atoms with Gasteiger partial charge in [0.15, 0.2) is 5.78 Å². The smallest absolute Gasteiger partial charge is 0.164 e. The van der Waals surface area contributed by atoms with Crippen LogP contribution in [0.5, 0.6) is 0 Å². The zero-order valence-corrected chi connectivity index (χ0v) is 10.4. The molecule has 0 fully saturated rings. The fourth-order valence-corrected chi connectivity index (χ4v) is 2.58. The highest BCUT2D eigenvalue weighted by atomic mass is 16.1. The lowest BCUT2D eigenvalue weighted by Gasteiger charge is -2.23. The Bertz CT molecular complexity index is 393. The maximum absolute atomic E-state index is 11.7. The van der Waals surface area contributed by atoms with E-state index in [4.69, 9.17) is 0 Å². The van der Waals surface area contributed by atoms with Crippen molar-refractivity contribution < 1.29 is 4.79 Å². The van der Waals surface area contributed by atoms with Crippen molar-refractivity contribution in [1.82, 2.24) is 9.47 Å². The van der Waals surface area contributed by atoms with Crippen molar-refractivity contribution in [2.75, 3.05) is 20.6 Å². The lowest BCUT2D eigenvalue weighted by Crippen LogP contribution is -2.24. The van der Waals surface area contributed by atoms with E-state index in [1.165, 1.54) is 5.69 Å². The summed E-state index contributed by atoms with van der Waals surface area (Å²) in [7, 11) is 4.16. The fraction of sp³-hybridized carbons (Fsp3) is 0.615. The van der Waals surface area contributed by atoms with E-state index in [0.717, 1.165) is 31.4 Å². The number of ketones is 1. The predicted molar refractivity (Wildman–Crippen MR) is 65.0 cm³/mol. The number of hydrogen-bond acceptors (Lipinski definition) is 2. The summed E-state index contributed by atoms with van der Waals surface area (Å²) in [5, 5.41) is 0. The number of hydrogen-bond donors (Lipinski definition) is 0. The van der Waals surface area contributed by atoms with E-state index >= 15 is 0 Å². The minimum Gasteiger partial charge on any atom is -0.347 e. The Morgan fingerprint density at radius 2 is 2.19 bits per heavy atom. The normalized spacial score (nSPS) is 17.6. The van der Waals surface area contributed by atoms with Crippen molar-refractivity contribution in [2.45, 2.75) is 32.2 Å². The van der Waals surface area contributed by atoms with E-state index in [-0.39, 0.29) is 0 Å². The number of aromatic nitrogens is 1. The summed E-state index contributed by atoms with van der Waals surface area (Å²) in [4.78, 5) is 13.9. The molecule has 3 nitrogen and oxygen atoms in total. The topological polar surface area (TPSA) is 25.2 Å². The summed E-state index contributed by atoms with van der Waals surface area (Å²) in [6, 6.07) is 2.42. The lowest BCUT2D eigenvalue weighted by atomic mass is 9.96. The van der Waals surface area contributed by atoms with Crippen molar-refractivity contribution in [3.05, 3.63) is 23.5 Å². The maximum atomic E-state index is 11.7. The first-order chi connectivity index (χ1) is 7.59. The molecule has 0 N–H and O–H groups in total. The highest BCUT2D eigenvalue weighted by Gasteiger charge is 2.22. The number of rotatable bonds is 3. The van der Waals surface area contributed by atoms with Gasteiger partial charge in [0.05, 0.1) is 0 Å². The molecule has 1 heterocycles. The molecule has 0 radical (unpaired) electrons. The third kappa shape index (κ3) is 2.05. The second-order valence-corrected chi connectivity index (χ2v) is 4.97. The van der Waals surface area contributed by atoms with Gasteiger partial charge in [0.1, 0.15) is 0 Å². The summed E-state index contributed by atoms with van der Waals surface area (Å²) >= 11 is 0. The first-order valence-electron chi connectivity index (χ1n) is 5.97. The molecular formula is C13H20N2O. The average molecular weight is 220 g/mol.